The van der Waals surface area contributed by atoms with Crippen LogP contribution in [0, 0.1) is 5.92 Å². The van der Waals surface area contributed by atoms with Gasteiger partial charge in [0.15, 0.2) is 5.65 Å². The number of aryl methyl sites for hydroxylation is 1. The van der Waals surface area contributed by atoms with Crippen LogP contribution in [0.1, 0.15) is 55.7 Å². The van der Waals surface area contributed by atoms with Gasteiger partial charge in [0, 0.05) is 37.8 Å². The van der Waals surface area contributed by atoms with Gasteiger partial charge in [-0.2, -0.15) is 18.3 Å². The molecule has 0 aliphatic carbocycles. The second-order valence-electron chi connectivity index (χ2n) is 8.35. The van der Waals surface area contributed by atoms with Crippen molar-refractivity contribution in [3.63, 3.8) is 0 Å². The van der Waals surface area contributed by atoms with E-state index in [4.69, 9.17) is 0 Å². The Balaban J connectivity index is 1.66. The van der Waals surface area contributed by atoms with Gasteiger partial charge in [-0.25, -0.2) is 9.50 Å². The van der Waals surface area contributed by atoms with Crippen molar-refractivity contribution in [1.29, 1.82) is 0 Å². The molecule has 2 aliphatic rings. The quantitative estimate of drug-likeness (QED) is 0.656. The lowest BCUT2D eigenvalue weighted by molar-refractivity contribution is -0.143. The van der Waals surface area contributed by atoms with Crippen LogP contribution in [-0.2, 0) is 22.2 Å². The summed E-state index contributed by atoms with van der Waals surface area (Å²) in [6.45, 7) is 6.60. The Labute approximate surface area is 183 Å². The first-order valence-corrected chi connectivity index (χ1v) is 10.9. The molecule has 172 valence electrons. The van der Waals surface area contributed by atoms with Crippen molar-refractivity contribution in [2.45, 2.75) is 51.2 Å². The third kappa shape index (κ3) is 4.10. The lowest BCUT2D eigenvalue weighted by Gasteiger charge is -2.36. The fraction of sp³-hybridized carbons (Fsp3) is 0.545. The molecule has 0 bridgehead atoms. The smallest absolute Gasteiger partial charge is 0.338 e. The summed E-state index contributed by atoms with van der Waals surface area (Å²) in [5, 5.41) is 4.25. The molecule has 7 nitrogen and oxygen atoms in total. The molecular formula is C22H26F3N5O2. The van der Waals surface area contributed by atoms with Gasteiger partial charge in [-0.1, -0.05) is 13.0 Å². The van der Waals surface area contributed by atoms with Crippen molar-refractivity contribution in [2.75, 3.05) is 19.6 Å². The van der Waals surface area contributed by atoms with E-state index in [0.29, 0.717) is 43.9 Å². The Morgan fingerprint density at radius 1 is 1.31 bits per heavy atom. The van der Waals surface area contributed by atoms with Crippen molar-refractivity contribution in [3.05, 3.63) is 41.9 Å². The third-order valence-electron chi connectivity index (χ3n) is 6.19. The maximum absolute atomic E-state index is 13.6. The number of halogens is 3. The van der Waals surface area contributed by atoms with Gasteiger partial charge in [-0.05, 0) is 31.7 Å². The summed E-state index contributed by atoms with van der Waals surface area (Å²) in [5.74, 6) is -0.698. The van der Waals surface area contributed by atoms with Crippen LogP contribution in [0.2, 0.25) is 0 Å². The predicted molar refractivity (Wildman–Crippen MR) is 111 cm³/mol. The minimum Gasteiger partial charge on any atom is -0.338 e. The molecule has 32 heavy (non-hydrogen) atoms. The standard InChI is InChI=1S/C22H26F3N5O2/c1-3-8-28-13-14(10-20(28)31)21(32)29-9-6-5-7-17(29)16-12-19-26-15(4-2)11-18(22(23,24)25)30(19)27-16/h3,11-12,14,17H,1,4-10,13H2,2H3/t14-,17+/m1/s1. The summed E-state index contributed by atoms with van der Waals surface area (Å²) >= 11 is 0. The predicted octanol–water partition coefficient (Wildman–Crippen LogP) is 3.40. The highest BCUT2D eigenvalue weighted by molar-refractivity contribution is 5.89. The van der Waals surface area contributed by atoms with Gasteiger partial charge in [0.25, 0.3) is 0 Å². The molecule has 2 aromatic rings. The van der Waals surface area contributed by atoms with Crippen molar-refractivity contribution in [1.82, 2.24) is 24.4 Å². The fourth-order valence-corrected chi connectivity index (χ4v) is 4.60. The summed E-state index contributed by atoms with van der Waals surface area (Å²) in [6.07, 6.45) is -0.191. The first kappa shape index (κ1) is 22.3. The molecule has 4 rings (SSSR count). The monoisotopic (exact) mass is 449 g/mol. The van der Waals surface area contributed by atoms with E-state index in [2.05, 4.69) is 16.7 Å². The summed E-state index contributed by atoms with van der Waals surface area (Å²) in [4.78, 5) is 33.1. The topological polar surface area (TPSA) is 70.8 Å². The number of likely N-dealkylation sites (tertiary alicyclic amines) is 2. The number of hydrogen-bond donors (Lipinski definition) is 0. The minimum atomic E-state index is -4.57. The first-order chi connectivity index (χ1) is 15.2. The van der Waals surface area contributed by atoms with E-state index in [0.717, 1.165) is 23.4 Å². The van der Waals surface area contributed by atoms with Crippen LogP contribution in [-0.4, -0.2) is 55.8 Å². The molecule has 2 amide bonds. The highest BCUT2D eigenvalue weighted by atomic mass is 19.4. The van der Waals surface area contributed by atoms with Crippen LogP contribution < -0.4 is 0 Å². The van der Waals surface area contributed by atoms with Crippen LogP contribution in [0.3, 0.4) is 0 Å². The molecule has 0 saturated carbocycles. The Morgan fingerprint density at radius 3 is 2.78 bits per heavy atom. The zero-order valence-corrected chi connectivity index (χ0v) is 17.9. The van der Waals surface area contributed by atoms with E-state index in [1.165, 1.54) is 0 Å². The van der Waals surface area contributed by atoms with Gasteiger partial charge in [0.1, 0.15) is 5.69 Å². The minimum absolute atomic E-state index is 0.0874. The van der Waals surface area contributed by atoms with Crippen LogP contribution in [0.5, 0.6) is 0 Å². The van der Waals surface area contributed by atoms with E-state index in [1.807, 2.05) is 0 Å². The molecule has 0 aromatic carbocycles. The van der Waals surface area contributed by atoms with Gasteiger partial charge in [-0.15, -0.1) is 6.58 Å². The Morgan fingerprint density at radius 2 is 2.09 bits per heavy atom. The number of carbonyl (C=O) groups is 2. The number of alkyl halides is 3. The summed E-state index contributed by atoms with van der Waals surface area (Å²) < 4.78 is 41.7. The SMILES string of the molecule is C=CCN1C[C@H](C(=O)N2CCCC[C@H]2c2cc3nc(CC)cc(C(F)(F)F)n3n2)CC1=O. The second kappa shape index (κ2) is 8.55. The lowest BCUT2D eigenvalue weighted by Crippen LogP contribution is -2.42. The molecule has 2 saturated heterocycles. The van der Waals surface area contributed by atoms with Crippen LogP contribution in [0.15, 0.2) is 24.8 Å². The highest BCUT2D eigenvalue weighted by Gasteiger charge is 2.40. The normalized spacial score (nSPS) is 22.1. The molecular weight excluding hydrogens is 423 g/mol. The van der Waals surface area contributed by atoms with Gasteiger partial charge >= 0.3 is 6.18 Å². The average molecular weight is 449 g/mol. The summed E-state index contributed by atoms with van der Waals surface area (Å²) in [7, 11) is 0. The number of hydrogen-bond acceptors (Lipinski definition) is 4. The van der Waals surface area contributed by atoms with Gasteiger partial charge in [0.2, 0.25) is 11.8 Å². The van der Waals surface area contributed by atoms with Gasteiger partial charge in [0.05, 0.1) is 17.7 Å². The van der Waals surface area contributed by atoms with E-state index in [-0.39, 0.29) is 23.9 Å². The zero-order valence-electron chi connectivity index (χ0n) is 17.9. The van der Waals surface area contributed by atoms with Crippen molar-refractivity contribution in [2.24, 2.45) is 5.92 Å². The van der Waals surface area contributed by atoms with Crippen molar-refractivity contribution >= 4 is 17.5 Å². The molecule has 2 aromatic heterocycles. The van der Waals surface area contributed by atoms with E-state index < -0.39 is 23.8 Å². The second-order valence-corrected chi connectivity index (χ2v) is 8.35. The number of rotatable bonds is 5. The lowest BCUT2D eigenvalue weighted by atomic mass is 9.96. The average Bonchev–Trinajstić information content (AvgIpc) is 3.35. The molecule has 2 fully saturated rings. The van der Waals surface area contributed by atoms with Crippen LogP contribution in [0.25, 0.3) is 5.65 Å². The molecule has 0 unspecified atom stereocenters. The van der Waals surface area contributed by atoms with Crippen LogP contribution >= 0.6 is 0 Å². The van der Waals surface area contributed by atoms with Crippen LogP contribution in [0.4, 0.5) is 13.2 Å². The number of aromatic nitrogens is 3. The Hall–Kier alpha value is -2.91. The third-order valence-corrected chi connectivity index (χ3v) is 6.19. The van der Waals surface area contributed by atoms with E-state index in [1.54, 1.807) is 28.9 Å². The molecule has 0 N–H and O–H groups in total. The van der Waals surface area contributed by atoms with Crippen molar-refractivity contribution in [3.8, 4) is 0 Å². The maximum Gasteiger partial charge on any atom is 0.433 e. The number of fused-ring (bicyclic) bond motifs is 1. The number of carbonyl (C=O) groups excluding carboxylic acids is 2. The molecule has 4 heterocycles. The van der Waals surface area contributed by atoms with Crippen molar-refractivity contribution < 1.29 is 22.8 Å². The number of nitrogens with zero attached hydrogens (tertiary/aromatic N) is 5. The Bertz CT molecular complexity index is 1050. The molecule has 2 atom stereocenters. The largest absolute Gasteiger partial charge is 0.433 e. The first-order valence-electron chi connectivity index (χ1n) is 10.9. The zero-order chi connectivity index (χ0) is 23.0. The van der Waals surface area contributed by atoms with Gasteiger partial charge < -0.3 is 9.80 Å². The highest BCUT2D eigenvalue weighted by Crippen LogP contribution is 2.35. The summed E-state index contributed by atoms with van der Waals surface area (Å²) in [5.41, 5.74) is -0.0187. The number of amides is 2. The van der Waals surface area contributed by atoms with Gasteiger partial charge in [-0.3, -0.25) is 9.59 Å². The van der Waals surface area contributed by atoms with E-state index >= 15 is 0 Å². The Kier molecular flexibility index (Phi) is 5.96. The number of piperidine rings is 1. The molecule has 2 aliphatic heterocycles. The molecule has 0 radical (unpaired) electrons. The fourth-order valence-electron chi connectivity index (χ4n) is 4.60. The maximum atomic E-state index is 13.6. The van der Waals surface area contributed by atoms with E-state index in [9.17, 15) is 22.8 Å². The molecule has 0 spiro atoms. The summed E-state index contributed by atoms with van der Waals surface area (Å²) in [6, 6.07) is 2.13. The molecule has 10 heteroatoms.